The van der Waals surface area contributed by atoms with Crippen LogP contribution in [0.2, 0.25) is 0 Å². The zero-order valence-corrected chi connectivity index (χ0v) is 35.9. The van der Waals surface area contributed by atoms with Crippen LogP contribution in [0.5, 0.6) is 0 Å². The molecule has 0 radical (unpaired) electrons. The number of hydrogen-bond donors (Lipinski definition) is 0. The molecule has 298 valence electrons. The number of para-hydroxylation sites is 3. The van der Waals surface area contributed by atoms with Crippen molar-refractivity contribution in [3.05, 3.63) is 251 Å². The third-order valence-corrected chi connectivity index (χ3v) is 15.3. The Labute approximate surface area is 372 Å². The number of fused-ring (bicyclic) bond motifs is 15. The third kappa shape index (κ3) is 5.00. The topological polar surface area (TPSA) is 6.48 Å². The summed E-state index contributed by atoms with van der Waals surface area (Å²) in [5.41, 5.74) is 20.9. The second-order valence-electron chi connectivity index (χ2n) is 17.6. The Morgan fingerprint density at radius 3 is 1.62 bits per heavy atom. The number of thiophene rings is 1. The van der Waals surface area contributed by atoms with Gasteiger partial charge in [-0.25, -0.2) is 0 Å². The summed E-state index contributed by atoms with van der Waals surface area (Å²) in [6, 6.07) is 81.1. The van der Waals surface area contributed by atoms with Crippen molar-refractivity contribution < 1.29 is 0 Å². The van der Waals surface area contributed by atoms with Gasteiger partial charge in [0, 0.05) is 59.9 Å². The number of rotatable bonds is 6. The van der Waals surface area contributed by atoms with Gasteiger partial charge in [-0.3, -0.25) is 0 Å². The summed E-state index contributed by atoms with van der Waals surface area (Å²) >= 11 is 1.96. The highest BCUT2D eigenvalue weighted by atomic mass is 32.1. The van der Waals surface area contributed by atoms with E-state index < -0.39 is 5.41 Å². The number of anilines is 6. The standard InChI is InChI=1S/C60H42N2S/c1-59(2)49-28-15-12-25-44(49)45-35-33-43(38-53(45)59)62(41-23-10-5-11-24-41)54-31-18-30-52-57(54)46-26-13-16-29-50(46)60(52)51-36-34-42(37-48(51)56-47-27-14-17-32-55(47)63-58(56)60)61(39-19-6-3-7-20-39)40-21-8-4-9-22-40/h3-38H,1-2H3. The summed E-state index contributed by atoms with van der Waals surface area (Å²) in [4.78, 5) is 6.30. The van der Waals surface area contributed by atoms with Gasteiger partial charge >= 0.3 is 0 Å². The van der Waals surface area contributed by atoms with E-state index in [1.54, 1.807) is 0 Å². The lowest BCUT2D eigenvalue weighted by Gasteiger charge is -2.32. The fraction of sp³-hybridized carbons (Fsp3) is 0.0667. The van der Waals surface area contributed by atoms with Crippen molar-refractivity contribution in [2.24, 2.45) is 0 Å². The minimum Gasteiger partial charge on any atom is -0.310 e. The van der Waals surface area contributed by atoms with Crippen molar-refractivity contribution >= 4 is 55.5 Å². The number of benzene rings is 9. The lowest BCUT2D eigenvalue weighted by Crippen LogP contribution is -2.25. The van der Waals surface area contributed by atoms with Crippen molar-refractivity contribution in [2.45, 2.75) is 24.7 Å². The molecule has 10 aromatic rings. The van der Waals surface area contributed by atoms with Crippen LogP contribution in [0.3, 0.4) is 0 Å². The molecule has 3 aliphatic carbocycles. The van der Waals surface area contributed by atoms with E-state index in [2.05, 4.69) is 242 Å². The van der Waals surface area contributed by atoms with E-state index in [4.69, 9.17) is 0 Å². The molecular formula is C60H42N2S. The van der Waals surface area contributed by atoms with Crippen molar-refractivity contribution in [2.75, 3.05) is 9.80 Å². The van der Waals surface area contributed by atoms with Gasteiger partial charge in [-0.1, -0.05) is 159 Å². The van der Waals surface area contributed by atoms with Crippen molar-refractivity contribution in [1.82, 2.24) is 0 Å². The largest absolute Gasteiger partial charge is 0.310 e. The second-order valence-corrected chi connectivity index (χ2v) is 18.7. The molecule has 0 aliphatic heterocycles. The van der Waals surface area contributed by atoms with Crippen molar-refractivity contribution in [3.63, 3.8) is 0 Å². The molecule has 0 fully saturated rings. The fourth-order valence-electron chi connectivity index (χ4n) is 11.4. The van der Waals surface area contributed by atoms with Crippen LogP contribution in [0.15, 0.2) is 218 Å². The molecule has 1 aromatic heterocycles. The van der Waals surface area contributed by atoms with Crippen LogP contribution in [0.4, 0.5) is 34.1 Å². The first kappa shape index (κ1) is 36.2. The molecule has 1 spiro atoms. The van der Waals surface area contributed by atoms with E-state index in [0.717, 1.165) is 28.4 Å². The Morgan fingerprint density at radius 2 is 0.889 bits per heavy atom. The molecule has 0 saturated carbocycles. The highest BCUT2D eigenvalue weighted by molar-refractivity contribution is 7.20. The monoisotopic (exact) mass is 822 g/mol. The summed E-state index contributed by atoms with van der Waals surface area (Å²) in [6.45, 7) is 4.75. The highest BCUT2D eigenvalue weighted by Crippen LogP contribution is 2.68. The van der Waals surface area contributed by atoms with Gasteiger partial charge < -0.3 is 9.80 Å². The van der Waals surface area contributed by atoms with Crippen molar-refractivity contribution in [1.29, 1.82) is 0 Å². The molecule has 3 aliphatic rings. The lowest BCUT2D eigenvalue weighted by molar-refractivity contribution is 0.660. The van der Waals surface area contributed by atoms with Crippen molar-refractivity contribution in [3.8, 4) is 33.4 Å². The fourth-order valence-corrected chi connectivity index (χ4v) is 12.8. The molecule has 13 rings (SSSR count). The molecule has 0 bridgehead atoms. The Morgan fingerprint density at radius 1 is 0.349 bits per heavy atom. The molecule has 0 N–H and O–H groups in total. The van der Waals surface area contributed by atoms with Crippen LogP contribution in [-0.2, 0) is 10.8 Å². The van der Waals surface area contributed by atoms with Gasteiger partial charge in [0.2, 0.25) is 0 Å². The molecular weight excluding hydrogens is 781 g/mol. The molecule has 2 nitrogen and oxygen atoms in total. The van der Waals surface area contributed by atoms with Gasteiger partial charge in [-0.15, -0.1) is 11.3 Å². The van der Waals surface area contributed by atoms with Gasteiger partial charge in [-0.2, -0.15) is 0 Å². The molecule has 0 amide bonds. The van der Waals surface area contributed by atoms with E-state index in [9.17, 15) is 0 Å². The van der Waals surface area contributed by atoms with Gasteiger partial charge in [0.05, 0.1) is 11.1 Å². The Kier molecular flexibility index (Phi) is 7.77. The van der Waals surface area contributed by atoms with Crippen LogP contribution in [0.1, 0.15) is 46.5 Å². The molecule has 1 unspecified atom stereocenters. The summed E-state index contributed by atoms with van der Waals surface area (Å²) in [6.07, 6.45) is 0. The van der Waals surface area contributed by atoms with Crippen LogP contribution < -0.4 is 9.80 Å². The summed E-state index contributed by atoms with van der Waals surface area (Å²) < 4.78 is 1.32. The van der Waals surface area contributed by atoms with Crippen LogP contribution in [-0.4, -0.2) is 0 Å². The summed E-state index contributed by atoms with van der Waals surface area (Å²) in [5.74, 6) is 0. The minimum atomic E-state index is -0.511. The van der Waals surface area contributed by atoms with E-state index >= 15 is 0 Å². The van der Waals surface area contributed by atoms with Crippen LogP contribution in [0, 0.1) is 0 Å². The molecule has 63 heavy (non-hydrogen) atoms. The Hall–Kier alpha value is -7.46. The van der Waals surface area contributed by atoms with Gasteiger partial charge in [0.15, 0.2) is 0 Å². The average Bonchev–Trinajstić information content (AvgIpc) is 4.02. The lowest BCUT2D eigenvalue weighted by atomic mass is 9.74. The highest BCUT2D eigenvalue weighted by Gasteiger charge is 2.54. The smallest absolute Gasteiger partial charge is 0.0820 e. The zero-order valence-electron chi connectivity index (χ0n) is 35.1. The minimum absolute atomic E-state index is 0.125. The second kappa shape index (κ2) is 13.5. The predicted molar refractivity (Wildman–Crippen MR) is 265 cm³/mol. The van der Waals surface area contributed by atoms with E-state index in [0.29, 0.717) is 0 Å². The van der Waals surface area contributed by atoms with Gasteiger partial charge in [0.25, 0.3) is 0 Å². The van der Waals surface area contributed by atoms with E-state index in [1.807, 2.05) is 11.3 Å². The number of hydrogen-bond acceptors (Lipinski definition) is 3. The summed E-state index contributed by atoms with van der Waals surface area (Å²) in [5, 5.41) is 1.31. The SMILES string of the molecule is CC1(C)c2ccccc2-c2ccc(N(c3ccccc3)c3cccc4c3-c3ccccc3C43c4ccc(N(c5ccccc5)c5ccccc5)cc4-c4c3sc3ccccc43)cc21. The first-order chi connectivity index (χ1) is 31.0. The zero-order chi connectivity index (χ0) is 41.9. The normalized spacial score (nSPS) is 15.7. The first-order valence-corrected chi connectivity index (χ1v) is 22.8. The molecule has 9 aromatic carbocycles. The average molecular weight is 823 g/mol. The molecule has 0 saturated heterocycles. The Balaban J connectivity index is 1.07. The van der Waals surface area contributed by atoms with E-state index in [-0.39, 0.29) is 5.41 Å². The first-order valence-electron chi connectivity index (χ1n) is 21.9. The third-order valence-electron chi connectivity index (χ3n) is 14.0. The maximum absolute atomic E-state index is 2.51. The maximum atomic E-state index is 2.51. The predicted octanol–water partition coefficient (Wildman–Crippen LogP) is 16.5. The van der Waals surface area contributed by atoms with E-state index in [1.165, 1.54) is 81.8 Å². The molecule has 1 atom stereocenters. The quantitative estimate of drug-likeness (QED) is 0.165. The van der Waals surface area contributed by atoms with Crippen LogP contribution >= 0.6 is 11.3 Å². The maximum Gasteiger partial charge on any atom is 0.0820 e. The van der Waals surface area contributed by atoms with Gasteiger partial charge in [-0.05, 0) is 123 Å². The number of nitrogens with zero attached hydrogens (tertiary/aromatic N) is 2. The molecule has 3 heteroatoms. The molecule has 1 heterocycles. The summed E-state index contributed by atoms with van der Waals surface area (Å²) in [7, 11) is 0. The van der Waals surface area contributed by atoms with Gasteiger partial charge in [0.1, 0.15) is 0 Å². The van der Waals surface area contributed by atoms with Crippen LogP contribution in [0.25, 0.3) is 43.5 Å². The Bertz CT molecular complexity index is 3400.